The Morgan fingerprint density at radius 2 is 2.05 bits per heavy atom. The Kier molecular flexibility index (Phi) is 6.64. The maximum atomic E-state index is 10.9. The molecular formula is C15H23NO4. The first kappa shape index (κ1) is 16.6. The van der Waals surface area contributed by atoms with E-state index in [-0.39, 0.29) is 13.0 Å². The van der Waals surface area contributed by atoms with Crippen molar-refractivity contribution in [1.82, 2.24) is 5.32 Å². The van der Waals surface area contributed by atoms with E-state index in [1.807, 2.05) is 32.0 Å². The highest BCUT2D eigenvalue weighted by Crippen LogP contribution is 2.23. The van der Waals surface area contributed by atoms with Crippen LogP contribution in [-0.4, -0.2) is 40.5 Å². The van der Waals surface area contributed by atoms with Crippen molar-refractivity contribution in [3.63, 3.8) is 0 Å². The van der Waals surface area contributed by atoms with Gasteiger partial charge in [-0.15, -0.1) is 0 Å². The normalized spacial score (nSPS) is 14.0. The Morgan fingerprint density at radius 3 is 2.60 bits per heavy atom. The highest BCUT2D eigenvalue weighted by molar-refractivity contribution is 5.67. The second kappa shape index (κ2) is 7.99. The molecule has 1 rings (SSSR count). The number of aliphatic carboxylic acids is 1. The molecule has 4 N–H and O–H groups in total. The fourth-order valence-corrected chi connectivity index (χ4v) is 2.22. The molecule has 0 spiro atoms. The zero-order valence-corrected chi connectivity index (χ0v) is 12.0. The van der Waals surface area contributed by atoms with Crippen molar-refractivity contribution in [3.8, 4) is 0 Å². The van der Waals surface area contributed by atoms with Crippen molar-refractivity contribution in [1.29, 1.82) is 0 Å². The maximum Gasteiger partial charge on any atom is 0.305 e. The van der Waals surface area contributed by atoms with E-state index >= 15 is 0 Å². The average molecular weight is 281 g/mol. The van der Waals surface area contributed by atoms with Crippen LogP contribution in [0.2, 0.25) is 0 Å². The summed E-state index contributed by atoms with van der Waals surface area (Å²) in [4.78, 5) is 10.9. The summed E-state index contributed by atoms with van der Waals surface area (Å²) in [6, 6.07) is 5.12. The summed E-state index contributed by atoms with van der Waals surface area (Å²) in [5.41, 5.74) is 2.77. The molecule has 2 unspecified atom stereocenters. The van der Waals surface area contributed by atoms with Gasteiger partial charge in [0.2, 0.25) is 0 Å². The fraction of sp³-hybridized carbons (Fsp3) is 0.533. The third kappa shape index (κ3) is 4.92. The lowest BCUT2D eigenvalue weighted by Crippen LogP contribution is -2.38. The molecule has 20 heavy (non-hydrogen) atoms. The standard InChI is InChI=1S/C15H23NO4/c1-10-4-5-12(11(2)8-10)15(20)13(9-14(18)19)16-6-3-7-17/h4-5,8,13,15-17,20H,3,6-7,9H2,1-2H3,(H,18,19). The van der Waals surface area contributed by atoms with Gasteiger partial charge in [0.1, 0.15) is 0 Å². The number of hydrogen-bond acceptors (Lipinski definition) is 4. The van der Waals surface area contributed by atoms with Crippen molar-refractivity contribution < 1.29 is 20.1 Å². The van der Waals surface area contributed by atoms with E-state index in [9.17, 15) is 9.90 Å². The molecule has 5 nitrogen and oxygen atoms in total. The van der Waals surface area contributed by atoms with Gasteiger partial charge in [-0.1, -0.05) is 23.8 Å². The number of carboxylic acids is 1. The van der Waals surface area contributed by atoms with Gasteiger partial charge in [-0.25, -0.2) is 0 Å². The number of carbonyl (C=O) groups is 1. The topological polar surface area (TPSA) is 89.8 Å². The van der Waals surface area contributed by atoms with Crippen LogP contribution >= 0.6 is 0 Å². The summed E-state index contributed by atoms with van der Waals surface area (Å²) in [7, 11) is 0. The van der Waals surface area contributed by atoms with Crippen LogP contribution in [0.25, 0.3) is 0 Å². The molecular weight excluding hydrogens is 258 g/mol. The minimum Gasteiger partial charge on any atom is -0.481 e. The van der Waals surface area contributed by atoms with Gasteiger partial charge in [0.15, 0.2) is 0 Å². The Hall–Kier alpha value is -1.43. The van der Waals surface area contributed by atoms with Gasteiger partial charge in [0.25, 0.3) is 0 Å². The molecule has 0 saturated heterocycles. The molecule has 0 fully saturated rings. The number of rotatable bonds is 8. The largest absolute Gasteiger partial charge is 0.481 e. The predicted octanol–water partition coefficient (Wildman–Crippen LogP) is 1.15. The van der Waals surface area contributed by atoms with Crippen molar-refractivity contribution >= 4 is 5.97 Å². The number of nitrogens with one attached hydrogen (secondary N) is 1. The smallest absolute Gasteiger partial charge is 0.305 e. The van der Waals surface area contributed by atoms with E-state index in [0.29, 0.717) is 13.0 Å². The SMILES string of the molecule is Cc1ccc(C(O)C(CC(=O)O)NCCCO)c(C)c1. The molecule has 0 aliphatic rings. The average Bonchev–Trinajstić information content (AvgIpc) is 2.36. The van der Waals surface area contributed by atoms with Crippen molar-refractivity contribution in [2.24, 2.45) is 0 Å². The van der Waals surface area contributed by atoms with Gasteiger partial charge in [0.05, 0.1) is 12.5 Å². The van der Waals surface area contributed by atoms with E-state index in [1.165, 1.54) is 0 Å². The first-order valence-electron chi connectivity index (χ1n) is 6.77. The minimum atomic E-state index is -0.963. The number of aliphatic hydroxyl groups is 2. The summed E-state index contributed by atoms with van der Waals surface area (Å²) >= 11 is 0. The van der Waals surface area contributed by atoms with E-state index in [4.69, 9.17) is 10.2 Å². The van der Waals surface area contributed by atoms with Crippen LogP contribution in [0.4, 0.5) is 0 Å². The van der Waals surface area contributed by atoms with Crippen molar-refractivity contribution in [3.05, 3.63) is 34.9 Å². The number of hydrogen-bond donors (Lipinski definition) is 4. The Balaban J connectivity index is 2.84. The lowest BCUT2D eigenvalue weighted by Gasteiger charge is -2.24. The Bertz CT molecular complexity index is 447. The lowest BCUT2D eigenvalue weighted by atomic mass is 9.94. The Morgan fingerprint density at radius 1 is 1.35 bits per heavy atom. The van der Waals surface area contributed by atoms with E-state index in [0.717, 1.165) is 16.7 Å². The fourth-order valence-electron chi connectivity index (χ4n) is 2.22. The van der Waals surface area contributed by atoms with Crippen LogP contribution in [0, 0.1) is 13.8 Å². The summed E-state index contributed by atoms with van der Waals surface area (Å²) in [6.07, 6.45) is -0.527. The summed E-state index contributed by atoms with van der Waals surface area (Å²) in [5, 5.41) is 31.1. The molecule has 0 bridgehead atoms. The monoisotopic (exact) mass is 281 g/mol. The number of aliphatic hydroxyl groups excluding tert-OH is 2. The zero-order chi connectivity index (χ0) is 15.1. The third-order valence-corrected chi connectivity index (χ3v) is 3.26. The molecule has 0 amide bonds. The molecule has 112 valence electrons. The molecule has 1 aromatic rings. The van der Waals surface area contributed by atoms with Gasteiger partial charge >= 0.3 is 5.97 Å². The molecule has 5 heteroatoms. The molecule has 0 aliphatic heterocycles. The van der Waals surface area contributed by atoms with Crippen molar-refractivity contribution in [2.45, 2.75) is 38.8 Å². The molecule has 0 saturated carbocycles. The second-order valence-corrected chi connectivity index (χ2v) is 5.04. The van der Waals surface area contributed by atoms with Crippen LogP contribution in [0.5, 0.6) is 0 Å². The quantitative estimate of drug-likeness (QED) is 0.537. The maximum absolute atomic E-state index is 10.9. The van der Waals surface area contributed by atoms with Crippen LogP contribution in [-0.2, 0) is 4.79 Å². The van der Waals surface area contributed by atoms with Crippen LogP contribution in [0.1, 0.15) is 35.6 Å². The number of aryl methyl sites for hydroxylation is 2. The van der Waals surface area contributed by atoms with Gasteiger partial charge in [-0.05, 0) is 37.9 Å². The van der Waals surface area contributed by atoms with E-state index < -0.39 is 18.1 Å². The third-order valence-electron chi connectivity index (χ3n) is 3.26. The molecule has 0 aliphatic carbocycles. The zero-order valence-electron chi connectivity index (χ0n) is 12.0. The second-order valence-electron chi connectivity index (χ2n) is 5.04. The van der Waals surface area contributed by atoms with Gasteiger partial charge in [-0.2, -0.15) is 0 Å². The van der Waals surface area contributed by atoms with Gasteiger partial charge in [0, 0.05) is 12.6 Å². The molecule has 0 heterocycles. The van der Waals surface area contributed by atoms with Crippen LogP contribution in [0.3, 0.4) is 0 Å². The molecule has 0 aromatic heterocycles. The van der Waals surface area contributed by atoms with E-state index in [1.54, 1.807) is 0 Å². The summed E-state index contributed by atoms with van der Waals surface area (Å²) < 4.78 is 0. The predicted molar refractivity (Wildman–Crippen MR) is 76.6 cm³/mol. The highest BCUT2D eigenvalue weighted by atomic mass is 16.4. The lowest BCUT2D eigenvalue weighted by molar-refractivity contribution is -0.138. The summed E-state index contributed by atoms with van der Waals surface area (Å²) in [6.45, 7) is 4.37. The molecule has 2 atom stereocenters. The number of carboxylic acid groups (broad SMARTS) is 1. The molecule has 1 aromatic carbocycles. The molecule has 0 radical (unpaired) electrons. The number of benzene rings is 1. The van der Waals surface area contributed by atoms with Crippen LogP contribution < -0.4 is 5.32 Å². The van der Waals surface area contributed by atoms with E-state index in [2.05, 4.69) is 5.32 Å². The highest BCUT2D eigenvalue weighted by Gasteiger charge is 2.24. The van der Waals surface area contributed by atoms with Crippen molar-refractivity contribution in [2.75, 3.05) is 13.2 Å². The van der Waals surface area contributed by atoms with Gasteiger partial charge < -0.3 is 20.6 Å². The first-order valence-corrected chi connectivity index (χ1v) is 6.77. The van der Waals surface area contributed by atoms with Gasteiger partial charge in [-0.3, -0.25) is 4.79 Å². The first-order chi connectivity index (χ1) is 9.45. The minimum absolute atomic E-state index is 0.0342. The Labute approximate surface area is 119 Å². The summed E-state index contributed by atoms with van der Waals surface area (Å²) in [5.74, 6) is -0.963. The van der Waals surface area contributed by atoms with Crippen LogP contribution in [0.15, 0.2) is 18.2 Å².